The highest BCUT2D eigenvalue weighted by atomic mass is 127. The molecule has 0 aromatic carbocycles. The topological polar surface area (TPSA) is 26.3 Å². The zero-order chi connectivity index (χ0) is 7.98. The first-order valence-electron chi connectivity index (χ1n) is 2.21. The minimum atomic E-state index is -1.11. The second kappa shape index (κ2) is 6.08. The number of hydrogen-bond donors (Lipinski definition) is 0. The van der Waals surface area contributed by atoms with Gasteiger partial charge in [-0.1, -0.05) is 29.1 Å². The maximum atomic E-state index is 10.5. The third-order valence-corrected chi connectivity index (χ3v) is 1.27. The summed E-state index contributed by atoms with van der Waals surface area (Å²) < 4.78 is 6.98. The summed E-state index contributed by atoms with van der Waals surface area (Å²) in [5.41, 5.74) is 0. The molecule has 0 bridgehead atoms. The van der Waals surface area contributed by atoms with Gasteiger partial charge in [-0.15, -0.1) is 0 Å². The third-order valence-electron chi connectivity index (χ3n) is 0.532. The summed E-state index contributed by atoms with van der Waals surface area (Å²) in [4.78, 5) is 9.35. The number of hydrogen-bond acceptors (Lipinski definition) is 2. The van der Waals surface area contributed by atoms with E-state index in [-0.39, 0.29) is 6.61 Å². The molecule has 0 rings (SSSR count). The van der Waals surface area contributed by atoms with E-state index in [2.05, 4.69) is 14.6 Å². The quantitative estimate of drug-likeness (QED) is 0.335. The monoisotopic (exact) mass is 292 g/mol. The van der Waals surface area contributed by atoms with Crippen LogP contribution in [0.5, 0.6) is 0 Å². The van der Waals surface area contributed by atoms with Gasteiger partial charge in [-0.3, -0.25) is 0 Å². The van der Waals surface area contributed by atoms with Crippen LogP contribution in [0.2, 0.25) is 0 Å². The SMILES string of the molecule is O=C(OCC#CI)C(Cl)Cl. The van der Waals surface area contributed by atoms with E-state index < -0.39 is 10.8 Å². The number of carbonyl (C=O) groups is 1. The molecule has 0 spiro atoms. The van der Waals surface area contributed by atoms with Crippen molar-refractivity contribution in [3.63, 3.8) is 0 Å². The van der Waals surface area contributed by atoms with Gasteiger partial charge >= 0.3 is 5.97 Å². The first kappa shape index (κ1) is 10.3. The van der Waals surface area contributed by atoms with E-state index in [4.69, 9.17) is 23.2 Å². The number of esters is 1. The Kier molecular flexibility index (Phi) is 6.28. The Hall–Kier alpha value is 0.340. The molecule has 10 heavy (non-hydrogen) atoms. The standard InChI is InChI=1S/C5H3Cl2IO2/c6-4(7)5(9)10-3-1-2-8/h4H,3H2. The predicted octanol–water partition coefficient (Wildman–Crippen LogP) is 1.73. The lowest BCUT2D eigenvalue weighted by molar-refractivity contribution is -0.140. The van der Waals surface area contributed by atoms with Crippen LogP contribution in [0, 0.1) is 9.85 Å². The molecule has 0 fully saturated rings. The summed E-state index contributed by atoms with van der Waals surface area (Å²) in [6.45, 7) is 0.0394. The van der Waals surface area contributed by atoms with E-state index >= 15 is 0 Å². The fourth-order valence-corrected chi connectivity index (χ4v) is 0.479. The summed E-state index contributed by atoms with van der Waals surface area (Å²) in [5.74, 6) is 1.85. The van der Waals surface area contributed by atoms with Crippen LogP contribution in [0.3, 0.4) is 0 Å². The van der Waals surface area contributed by atoms with E-state index in [1.54, 1.807) is 0 Å². The molecule has 56 valence electrons. The maximum absolute atomic E-state index is 10.5. The Labute approximate surface area is 82.3 Å². The molecular weight excluding hydrogens is 290 g/mol. The number of ether oxygens (including phenoxy) is 1. The first-order valence-corrected chi connectivity index (χ1v) is 4.17. The van der Waals surface area contributed by atoms with Crippen molar-refractivity contribution in [1.29, 1.82) is 0 Å². The molecule has 0 heterocycles. The fourth-order valence-electron chi connectivity index (χ4n) is 0.197. The van der Waals surface area contributed by atoms with Gasteiger partial charge in [0.15, 0.2) is 6.61 Å². The van der Waals surface area contributed by atoms with Crippen LogP contribution in [-0.4, -0.2) is 17.4 Å². The van der Waals surface area contributed by atoms with E-state index in [0.717, 1.165) is 0 Å². The number of carbonyl (C=O) groups excluding carboxylic acids is 1. The molecular formula is C5H3Cl2IO2. The molecule has 0 aliphatic rings. The second-order valence-corrected chi connectivity index (χ2v) is 2.82. The van der Waals surface area contributed by atoms with Gasteiger partial charge in [0.1, 0.15) is 0 Å². The largest absolute Gasteiger partial charge is 0.450 e. The lowest BCUT2D eigenvalue weighted by Gasteiger charge is -1.98. The minimum absolute atomic E-state index is 0.0394. The lowest BCUT2D eigenvalue weighted by atomic mass is 10.7. The van der Waals surface area contributed by atoms with Crippen molar-refractivity contribution in [2.24, 2.45) is 0 Å². The van der Waals surface area contributed by atoms with Gasteiger partial charge in [-0.2, -0.15) is 0 Å². The minimum Gasteiger partial charge on any atom is -0.450 e. The lowest BCUT2D eigenvalue weighted by Crippen LogP contribution is -2.12. The average Bonchev–Trinajstić information content (AvgIpc) is 1.88. The molecule has 0 atom stereocenters. The Balaban J connectivity index is 3.47. The molecule has 0 aromatic heterocycles. The molecule has 0 saturated heterocycles. The average molecular weight is 293 g/mol. The summed E-state index contributed by atoms with van der Waals surface area (Å²) in [7, 11) is 0. The van der Waals surface area contributed by atoms with Crippen molar-refractivity contribution >= 4 is 51.8 Å². The van der Waals surface area contributed by atoms with Crippen molar-refractivity contribution in [3.05, 3.63) is 0 Å². The van der Waals surface area contributed by atoms with Crippen LogP contribution in [0.15, 0.2) is 0 Å². The van der Waals surface area contributed by atoms with Crippen LogP contribution in [0.25, 0.3) is 0 Å². The molecule has 0 saturated carbocycles. The number of alkyl halides is 2. The van der Waals surface area contributed by atoms with Crippen LogP contribution < -0.4 is 0 Å². The molecule has 2 nitrogen and oxygen atoms in total. The molecule has 5 heteroatoms. The van der Waals surface area contributed by atoms with Gasteiger partial charge < -0.3 is 4.74 Å². The van der Waals surface area contributed by atoms with Crippen LogP contribution >= 0.6 is 45.8 Å². The Morgan fingerprint density at radius 1 is 1.70 bits per heavy atom. The van der Waals surface area contributed by atoms with Gasteiger partial charge in [-0.05, 0) is 3.93 Å². The highest BCUT2D eigenvalue weighted by molar-refractivity contribution is 14.1. The Bertz CT molecular complexity index is 170. The van der Waals surface area contributed by atoms with Crippen molar-refractivity contribution in [3.8, 4) is 9.85 Å². The second-order valence-electron chi connectivity index (χ2n) is 1.18. The first-order chi connectivity index (χ1) is 4.68. The summed E-state index contributed by atoms with van der Waals surface area (Å²) >= 11 is 12.1. The fraction of sp³-hybridized carbons (Fsp3) is 0.400. The number of halogens is 3. The van der Waals surface area contributed by atoms with Crippen LogP contribution in [0.4, 0.5) is 0 Å². The summed E-state index contributed by atoms with van der Waals surface area (Å²) in [6.07, 6.45) is 0. The van der Waals surface area contributed by atoms with Gasteiger partial charge in [-0.25, -0.2) is 4.79 Å². The van der Waals surface area contributed by atoms with E-state index in [9.17, 15) is 4.79 Å². The van der Waals surface area contributed by atoms with Crippen molar-refractivity contribution in [2.75, 3.05) is 6.61 Å². The Morgan fingerprint density at radius 3 is 2.70 bits per heavy atom. The summed E-state index contributed by atoms with van der Waals surface area (Å²) in [5, 5.41) is 0. The van der Waals surface area contributed by atoms with Crippen molar-refractivity contribution < 1.29 is 9.53 Å². The third kappa shape index (κ3) is 5.15. The smallest absolute Gasteiger partial charge is 0.340 e. The van der Waals surface area contributed by atoms with Gasteiger partial charge in [0, 0.05) is 22.6 Å². The van der Waals surface area contributed by atoms with E-state index in [0.29, 0.717) is 0 Å². The molecule has 0 aromatic rings. The Morgan fingerprint density at radius 2 is 2.30 bits per heavy atom. The molecule has 0 amide bonds. The van der Waals surface area contributed by atoms with Crippen molar-refractivity contribution in [1.82, 2.24) is 0 Å². The van der Waals surface area contributed by atoms with Gasteiger partial charge in [0.2, 0.25) is 4.84 Å². The van der Waals surface area contributed by atoms with Crippen LogP contribution in [-0.2, 0) is 9.53 Å². The maximum Gasteiger partial charge on any atom is 0.340 e. The molecule has 0 N–H and O–H groups in total. The molecule has 0 aliphatic heterocycles. The molecule has 0 radical (unpaired) electrons. The molecule has 0 aliphatic carbocycles. The highest BCUT2D eigenvalue weighted by Crippen LogP contribution is 2.02. The zero-order valence-electron chi connectivity index (χ0n) is 4.73. The van der Waals surface area contributed by atoms with Gasteiger partial charge in [0.05, 0.1) is 0 Å². The zero-order valence-corrected chi connectivity index (χ0v) is 8.40. The van der Waals surface area contributed by atoms with Crippen molar-refractivity contribution in [2.45, 2.75) is 4.84 Å². The number of rotatable bonds is 2. The van der Waals surface area contributed by atoms with E-state index in [1.807, 2.05) is 22.6 Å². The molecule has 0 unspecified atom stereocenters. The van der Waals surface area contributed by atoms with E-state index in [1.165, 1.54) is 0 Å². The van der Waals surface area contributed by atoms with Crippen LogP contribution in [0.1, 0.15) is 0 Å². The van der Waals surface area contributed by atoms with Gasteiger partial charge in [0.25, 0.3) is 0 Å². The highest BCUT2D eigenvalue weighted by Gasteiger charge is 2.11. The summed E-state index contributed by atoms with van der Waals surface area (Å²) in [6, 6.07) is 0. The normalized spacial score (nSPS) is 8.40. The predicted molar refractivity (Wildman–Crippen MR) is 48.2 cm³/mol.